The number of nitrogens with zero attached hydrogens (tertiary/aromatic N) is 1. The Hall–Kier alpha value is -3.41. The quantitative estimate of drug-likeness (QED) is 0.226. The van der Waals surface area contributed by atoms with Crippen LogP contribution in [0.1, 0.15) is 25.3 Å². The maximum absolute atomic E-state index is 14.9. The van der Waals surface area contributed by atoms with Gasteiger partial charge >= 0.3 is 6.18 Å². The predicted molar refractivity (Wildman–Crippen MR) is 125 cm³/mol. The number of allylic oxidation sites excluding steroid dienone is 1. The molecule has 8 nitrogen and oxygen atoms in total. The van der Waals surface area contributed by atoms with Crippen LogP contribution in [-0.4, -0.2) is 67.9 Å². The monoisotopic (exact) mass is 496 g/mol. The summed E-state index contributed by atoms with van der Waals surface area (Å²) >= 11 is 0. The second kappa shape index (κ2) is 10.9. The normalized spacial score (nSPS) is 19.0. The molecular formula is C23H28F4N6O2. The van der Waals surface area contributed by atoms with E-state index in [0.717, 1.165) is 24.4 Å². The molecule has 190 valence electrons. The molecule has 0 aliphatic carbocycles. The highest BCUT2D eigenvalue weighted by atomic mass is 19.4. The summed E-state index contributed by atoms with van der Waals surface area (Å²) in [6.45, 7) is 3.23. The summed E-state index contributed by atoms with van der Waals surface area (Å²) in [6.07, 6.45) is -2.62. The van der Waals surface area contributed by atoms with Crippen LogP contribution < -0.4 is 16.0 Å². The van der Waals surface area contributed by atoms with Gasteiger partial charge in [0.2, 0.25) is 5.91 Å². The fraction of sp³-hybridized carbons (Fsp3) is 0.435. The molecule has 0 saturated carbocycles. The Labute approximate surface area is 200 Å². The maximum Gasteiger partial charge on any atom is 0.433 e. The molecule has 1 fully saturated rings. The zero-order valence-electron chi connectivity index (χ0n) is 19.4. The average molecular weight is 497 g/mol. The number of ether oxygens (including phenoxy) is 1. The number of hydrogen-bond acceptors (Lipinski definition) is 6. The minimum atomic E-state index is -4.90. The van der Waals surface area contributed by atoms with Crippen LogP contribution in [0.4, 0.5) is 23.2 Å². The van der Waals surface area contributed by atoms with Crippen molar-refractivity contribution in [1.82, 2.24) is 15.5 Å². The first-order valence-corrected chi connectivity index (χ1v) is 11.0. The maximum atomic E-state index is 14.9. The van der Waals surface area contributed by atoms with Gasteiger partial charge in [-0.3, -0.25) is 15.6 Å². The molecule has 35 heavy (non-hydrogen) atoms. The Bertz CT molecular complexity index is 1060. The Morgan fingerprint density at radius 1 is 1.29 bits per heavy atom. The van der Waals surface area contributed by atoms with E-state index in [1.807, 2.05) is 0 Å². The number of halogens is 4. The molecule has 0 bridgehead atoms. The van der Waals surface area contributed by atoms with Crippen molar-refractivity contribution >= 4 is 28.7 Å². The zero-order chi connectivity index (χ0) is 25.8. The molecule has 5 N–H and O–H groups in total. The topological polar surface area (TPSA) is 113 Å². The summed E-state index contributed by atoms with van der Waals surface area (Å²) in [7, 11) is 1.38. The van der Waals surface area contributed by atoms with E-state index in [1.54, 1.807) is 4.90 Å². The van der Waals surface area contributed by atoms with Gasteiger partial charge in [0.15, 0.2) is 0 Å². The van der Waals surface area contributed by atoms with E-state index in [2.05, 4.69) is 16.0 Å². The Morgan fingerprint density at radius 3 is 2.60 bits per heavy atom. The first-order valence-electron chi connectivity index (χ1n) is 11.0. The predicted octanol–water partition coefficient (Wildman–Crippen LogP) is 3.24. The number of benzene rings is 1. The van der Waals surface area contributed by atoms with Gasteiger partial charge in [-0.2, -0.15) is 13.2 Å². The largest absolute Gasteiger partial charge is 0.433 e. The third kappa shape index (κ3) is 6.38. The number of anilines is 1. The lowest BCUT2D eigenvalue weighted by atomic mass is 10.0. The van der Waals surface area contributed by atoms with Crippen molar-refractivity contribution in [2.75, 3.05) is 38.7 Å². The highest BCUT2D eigenvalue weighted by molar-refractivity contribution is 6.25. The minimum absolute atomic E-state index is 0.0778. The SMILES string of the molecule is CN/C=C(\C(=N)C(F)(F)F)c1ccc(NC(=N)C2=C(N[C@@H]3CCOC3)CCN(C(C)=O)C2)c(F)c1. The summed E-state index contributed by atoms with van der Waals surface area (Å²) in [5, 5.41) is 24.5. The molecule has 2 aliphatic rings. The lowest BCUT2D eigenvalue weighted by Gasteiger charge is -2.32. The third-order valence-electron chi connectivity index (χ3n) is 5.78. The molecular weight excluding hydrogens is 468 g/mol. The Morgan fingerprint density at radius 2 is 2.03 bits per heavy atom. The van der Waals surface area contributed by atoms with Crippen molar-refractivity contribution in [3.8, 4) is 0 Å². The molecule has 1 aromatic rings. The summed E-state index contributed by atoms with van der Waals surface area (Å²) < 4.78 is 59.5. The molecule has 1 aromatic carbocycles. The molecule has 12 heteroatoms. The van der Waals surface area contributed by atoms with Gasteiger partial charge in [0.1, 0.15) is 17.4 Å². The molecule has 1 atom stereocenters. The van der Waals surface area contributed by atoms with Crippen LogP contribution in [0, 0.1) is 16.6 Å². The van der Waals surface area contributed by atoms with Crippen LogP contribution in [-0.2, 0) is 9.53 Å². The van der Waals surface area contributed by atoms with Crippen molar-refractivity contribution in [3.63, 3.8) is 0 Å². The van der Waals surface area contributed by atoms with Gasteiger partial charge in [-0.1, -0.05) is 6.07 Å². The Balaban J connectivity index is 1.85. The second-order valence-electron chi connectivity index (χ2n) is 8.27. The van der Waals surface area contributed by atoms with E-state index < -0.39 is 23.3 Å². The summed E-state index contributed by atoms with van der Waals surface area (Å²) in [5.41, 5.74) is -1.11. The highest BCUT2D eigenvalue weighted by Crippen LogP contribution is 2.29. The number of carbonyl (C=O) groups excluding carboxylic acids is 1. The van der Waals surface area contributed by atoms with Crippen LogP contribution in [0.15, 0.2) is 35.7 Å². The van der Waals surface area contributed by atoms with E-state index in [1.165, 1.54) is 26.1 Å². The van der Waals surface area contributed by atoms with E-state index in [9.17, 15) is 22.4 Å². The number of rotatable bonds is 7. The first-order chi connectivity index (χ1) is 16.5. The first kappa shape index (κ1) is 26.2. The summed E-state index contributed by atoms with van der Waals surface area (Å²) in [4.78, 5) is 13.5. The fourth-order valence-corrected chi connectivity index (χ4v) is 3.91. The number of nitrogens with one attached hydrogen (secondary N) is 5. The molecule has 2 aliphatic heterocycles. The lowest BCUT2D eigenvalue weighted by Crippen LogP contribution is -2.42. The van der Waals surface area contributed by atoms with Crippen LogP contribution in [0.5, 0.6) is 0 Å². The van der Waals surface area contributed by atoms with Crippen molar-refractivity contribution in [1.29, 1.82) is 10.8 Å². The van der Waals surface area contributed by atoms with Crippen LogP contribution in [0.2, 0.25) is 0 Å². The van der Waals surface area contributed by atoms with Crippen molar-refractivity contribution in [2.24, 2.45) is 0 Å². The zero-order valence-corrected chi connectivity index (χ0v) is 19.4. The third-order valence-corrected chi connectivity index (χ3v) is 5.78. The van der Waals surface area contributed by atoms with Crippen LogP contribution >= 0.6 is 0 Å². The van der Waals surface area contributed by atoms with E-state index in [0.29, 0.717) is 31.8 Å². The van der Waals surface area contributed by atoms with Crippen molar-refractivity contribution in [2.45, 2.75) is 32.0 Å². The standard InChI is InChI=1S/C23H28F4N6O2/c1-13(34)33-7-5-19(31-15-6-8-35-12-15)17(11-33)22(29)32-20-4-3-14(9-18(20)24)16(10-30-2)21(28)23(25,26)27/h3-4,9-10,15,28,30-31H,5-8,11-12H2,1-2H3,(H2,29,32)/b16-10-,28-21?/t15-/m1/s1. The van der Waals surface area contributed by atoms with Crippen molar-refractivity contribution < 1.29 is 27.1 Å². The number of carbonyl (C=O) groups is 1. The van der Waals surface area contributed by atoms with Gasteiger partial charge in [0.25, 0.3) is 0 Å². The summed E-state index contributed by atoms with van der Waals surface area (Å²) in [5.74, 6) is -1.16. The fourth-order valence-electron chi connectivity index (χ4n) is 3.91. The number of hydrogen-bond donors (Lipinski definition) is 5. The minimum Gasteiger partial charge on any atom is -0.393 e. The Kier molecular flexibility index (Phi) is 8.15. The van der Waals surface area contributed by atoms with Gasteiger partial charge in [-0.25, -0.2) is 4.39 Å². The molecule has 0 unspecified atom stereocenters. The van der Waals surface area contributed by atoms with E-state index >= 15 is 0 Å². The highest BCUT2D eigenvalue weighted by Gasteiger charge is 2.37. The van der Waals surface area contributed by atoms with Gasteiger partial charge in [0, 0.05) is 56.6 Å². The molecule has 2 heterocycles. The second-order valence-corrected chi connectivity index (χ2v) is 8.27. The molecule has 0 aromatic heterocycles. The molecule has 1 saturated heterocycles. The van der Waals surface area contributed by atoms with Gasteiger partial charge in [0.05, 0.1) is 24.9 Å². The van der Waals surface area contributed by atoms with Crippen molar-refractivity contribution in [3.05, 3.63) is 47.0 Å². The smallest absolute Gasteiger partial charge is 0.393 e. The number of amidine groups is 1. The number of alkyl halides is 3. The van der Waals surface area contributed by atoms with Crippen LogP contribution in [0.3, 0.4) is 0 Å². The molecule has 3 rings (SSSR count). The number of amides is 1. The van der Waals surface area contributed by atoms with Gasteiger partial charge < -0.3 is 25.6 Å². The van der Waals surface area contributed by atoms with E-state index in [4.69, 9.17) is 15.6 Å². The van der Waals surface area contributed by atoms with Crippen LogP contribution in [0.25, 0.3) is 5.57 Å². The lowest BCUT2D eigenvalue weighted by molar-refractivity contribution is -0.128. The van der Waals surface area contributed by atoms with E-state index in [-0.39, 0.29) is 35.6 Å². The van der Waals surface area contributed by atoms with Gasteiger partial charge in [-0.05, 0) is 24.1 Å². The molecule has 0 radical (unpaired) electrons. The molecule has 0 spiro atoms. The average Bonchev–Trinajstić information content (AvgIpc) is 3.31. The van der Waals surface area contributed by atoms with Gasteiger partial charge in [-0.15, -0.1) is 0 Å². The molecule has 1 amide bonds. The summed E-state index contributed by atoms with van der Waals surface area (Å²) in [6, 6.07) is 3.42.